The fourth-order valence-electron chi connectivity index (χ4n) is 2.38. The highest BCUT2D eigenvalue weighted by Gasteiger charge is 2.31. The zero-order chi connectivity index (χ0) is 12.3. The van der Waals surface area contributed by atoms with Gasteiger partial charge in [-0.15, -0.1) is 0 Å². The Bertz CT molecular complexity index is 375. The predicted molar refractivity (Wildman–Crippen MR) is 74.5 cm³/mol. The van der Waals surface area contributed by atoms with E-state index >= 15 is 0 Å². The Kier molecular flexibility index (Phi) is 4.07. The van der Waals surface area contributed by atoms with Gasteiger partial charge in [0, 0.05) is 24.1 Å². The van der Waals surface area contributed by atoms with E-state index < -0.39 is 5.60 Å². The van der Waals surface area contributed by atoms with E-state index in [0.717, 1.165) is 30.4 Å². The van der Waals surface area contributed by atoms with Gasteiger partial charge in [0.15, 0.2) is 0 Å². The van der Waals surface area contributed by atoms with Crippen molar-refractivity contribution in [1.29, 1.82) is 0 Å². The van der Waals surface area contributed by atoms with Crippen LogP contribution < -0.4 is 10.2 Å². The van der Waals surface area contributed by atoms with Crippen LogP contribution in [0.1, 0.15) is 12.8 Å². The van der Waals surface area contributed by atoms with Gasteiger partial charge in [-0.1, -0.05) is 12.1 Å². The molecule has 0 spiro atoms. The first-order valence-corrected chi connectivity index (χ1v) is 6.80. The number of rotatable bonds is 3. The predicted octanol–water partition coefficient (Wildman–Crippen LogP) is 2.00. The molecule has 0 unspecified atom stereocenters. The first-order chi connectivity index (χ1) is 8.14. The minimum Gasteiger partial charge on any atom is -0.388 e. The summed E-state index contributed by atoms with van der Waals surface area (Å²) in [6.45, 7) is 2.48. The topological polar surface area (TPSA) is 35.5 Å². The van der Waals surface area contributed by atoms with E-state index in [1.54, 1.807) is 0 Å². The van der Waals surface area contributed by atoms with Gasteiger partial charge in [0.1, 0.15) is 0 Å². The molecule has 1 fully saturated rings. The maximum atomic E-state index is 10.3. The molecule has 0 atom stereocenters. The van der Waals surface area contributed by atoms with E-state index in [1.807, 2.05) is 13.1 Å². The fourth-order valence-corrected chi connectivity index (χ4v) is 2.91. The molecule has 1 aliphatic heterocycles. The normalized spacial score (nSPS) is 19.4. The van der Waals surface area contributed by atoms with Crippen LogP contribution in [-0.2, 0) is 0 Å². The lowest BCUT2D eigenvalue weighted by Gasteiger charge is -2.39. The summed E-state index contributed by atoms with van der Waals surface area (Å²) in [6.07, 6.45) is 1.63. The van der Waals surface area contributed by atoms with Gasteiger partial charge in [0.25, 0.3) is 0 Å². The average molecular weight is 299 g/mol. The molecule has 17 heavy (non-hydrogen) atoms. The summed E-state index contributed by atoms with van der Waals surface area (Å²) in [4.78, 5) is 2.33. The van der Waals surface area contributed by atoms with Gasteiger partial charge < -0.3 is 15.3 Å². The monoisotopic (exact) mass is 298 g/mol. The Morgan fingerprint density at radius 2 is 2.00 bits per heavy atom. The standard InChI is InChI=1S/C13H19BrN2O/c1-15-10-13(17)6-8-16(9-7-13)12-5-3-2-4-11(12)14/h2-5,15,17H,6-10H2,1H3. The molecule has 0 radical (unpaired) electrons. The summed E-state index contributed by atoms with van der Waals surface area (Å²) >= 11 is 3.57. The van der Waals surface area contributed by atoms with Crippen molar-refractivity contribution in [1.82, 2.24) is 5.32 Å². The lowest BCUT2D eigenvalue weighted by Crippen LogP contribution is -2.49. The quantitative estimate of drug-likeness (QED) is 0.896. The third-order valence-electron chi connectivity index (χ3n) is 3.39. The minimum atomic E-state index is -0.535. The largest absolute Gasteiger partial charge is 0.388 e. The first-order valence-electron chi connectivity index (χ1n) is 6.01. The van der Waals surface area contributed by atoms with Gasteiger partial charge in [-0.25, -0.2) is 0 Å². The van der Waals surface area contributed by atoms with Crippen molar-refractivity contribution in [3.05, 3.63) is 28.7 Å². The molecule has 0 bridgehead atoms. The molecule has 1 aromatic rings. The Labute approximate surface area is 111 Å². The molecule has 2 rings (SSSR count). The van der Waals surface area contributed by atoms with Crippen molar-refractivity contribution in [2.45, 2.75) is 18.4 Å². The van der Waals surface area contributed by atoms with Gasteiger partial charge in [-0.05, 0) is 48.0 Å². The van der Waals surface area contributed by atoms with Crippen LogP contribution in [0, 0.1) is 0 Å². The molecule has 1 saturated heterocycles. The van der Waals surface area contributed by atoms with Crippen LogP contribution in [0.25, 0.3) is 0 Å². The van der Waals surface area contributed by atoms with Crippen molar-refractivity contribution in [3.63, 3.8) is 0 Å². The number of nitrogens with zero attached hydrogens (tertiary/aromatic N) is 1. The maximum absolute atomic E-state index is 10.3. The molecule has 2 N–H and O–H groups in total. The van der Waals surface area contributed by atoms with Crippen molar-refractivity contribution < 1.29 is 5.11 Å². The molecule has 0 amide bonds. The van der Waals surface area contributed by atoms with Crippen molar-refractivity contribution >= 4 is 21.6 Å². The van der Waals surface area contributed by atoms with Crippen LogP contribution in [0.3, 0.4) is 0 Å². The number of anilines is 1. The fraction of sp³-hybridized carbons (Fsp3) is 0.538. The maximum Gasteiger partial charge on any atom is 0.0805 e. The van der Waals surface area contributed by atoms with Crippen LogP contribution >= 0.6 is 15.9 Å². The molecule has 0 saturated carbocycles. The molecule has 0 aromatic heterocycles. The van der Waals surface area contributed by atoms with Crippen LogP contribution in [-0.4, -0.2) is 37.4 Å². The zero-order valence-corrected chi connectivity index (χ0v) is 11.7. The third kappa shape index (κ3) is 3.00. The lowest BCUT2D eigenvalue weighted by atomic mass is 9.91. The van der Waals surface area contributed by atoms with E-state index in [2.05, 4.69) is 44.3 Å². The number of hydrogen-bond donors (Lipinski definition) is 2. The summed E-state index contributed by atoms with van der Waals surface area (Å²) in [5.41, 5.74) is 0.686. The van der Waals surface area contributed by atoms with Gasteiger partial charge in [-0.3, -0.25) is 0 Å². The number of aliphatic hydroxyl groups is 1. The van der Waals surface area contributed by atoms with Crippen LogP contribution in [0.4, 0.5) is 5.69 Å². The molecular weight excluding hydrogens is 280 g/mol. The van der Waals surface area contributed by atoms with Gasteiger partial charge in [0.2, 0.25) is 0 Å². The Morgan fingerprint density at radius 3 is 2.59 bits per heavy atom. The highest BCUT2D eigenvalue weighted by atomic mass is 79.9. The second kappa shape index (κ2) is 5.38. The van der Waals surface area contributed by atoms with E-state index in [9.17, 15) is 5.11 Å². The highest BCUT2D eigenvalue weighted by Crippen LogP contribution is 2.30. The molecule has 0 aliphatic carbocycles. The second-order valence-electron chi connectivity index (χ2n) is 4.69. The SMILES string of the molecule is CNCC1(O)CCN(c2ccccc2Br)CC1. The lowest BCUT2D eigenvalue weighted by molar-refractivity contribution is 0.0185. The van der Waals surface area contributed by atoms with E-state index in [4.69, 9.17) is 0 Å². The van der Waals surface area contributed by atoms with Crippen LogP contribution in [0.5, 0.6) is 0 Å². The summed E-state index contributed by atoms with van der Waals surface area (Å²) in [5, 5.41) is 13.4. The Balaban J connectivity index is 2.02. The van der Waals surface area contributed by atoms with Gasteiger partial charge >= 0.3 is 0 Å². The molecule has 94 valence electrons. The van der Waals surface area contributed by atoms with Crippen molar-refractivity contribution in [2.75, 3.05) is 31.6 Å². The third-order valence-corrected chi connectivity index (χ3v) is 4.06. The number of likely N-dealkylation sites (N-methyl/N-ethyl adjacent to an activating group) is 1. The summed E-state index contributed by atoms with van der Waals surface area (Å²) in [5.74, 6) is 0. The van der Waals surface area contributed by atoms with Gasteiger partial charge in [0.05, 0.1) is 11.3 Å². The number of benzene rings is 1. The van der Waals surface area contributed by atoms with Crippen molar-refractivity contribution in [3.8, 4) is 0 Å². The Hall–Kier alpha value is -0.580. The van der Waals surface area contributed by atoms with E-state index in [0.29, 0.717) is 6.54 Å². The van der Waals surface area contributed by atoms with Gasteiger partial charge in [-0.2, -0.15) is 0 Å². The number of hydrogen-bond acceptors (Lipinski definition) is 3. The van der Waals surface area contributed by atoms with Crippen LogP contribution in [0.2, 0.25) is 0 Å². The summed E-state index contributed by atoms with van der Waals surface area (Å²) < 4.78 is 1.12. The van der Waals surface area contributed by atoms with Crippen LogP contribution in [0.15, 0.2) is 28.7 Å². The summed E-state index contributed by atoms with van der Waals surface area (Å²) in [7, 11) is 1.89. The highest BCUT2D eigenvalue weighted by molar-refractivity contribution is 9.10. The molecule has 1 aliphatic rings. The number of nitrogens with one attached hydrogen (secondary N) is 1. The molecule has 4 heteroatoms. The molecular formula is C13H19BrN2O. The summed E-state index contributed by atoms with van der Waals surface area (Å²) in [6, 6.07) is 8.25. The Morgan fingerprint density at radius 1 is 1.35 bits per heavy atom. The zero-order valence-electron chi connectivity index (χ0n) is 10.1. The molecule has 1 heterocycles. The number of halogens is 1. The van der Waals surface area contributed by atoms with E-state index in [1.165, 1.54) is 5.69 Å². The molecule has 1 aromatic carbocycles. The van der Waals surface area contributed by atoms with E-state index in [-0.39, 0.29) is 0 Å². The number of piperidine rings is 1. The minimum absolute atomic E-state index is 0.535. The second-order valence-corrected chi connectivity index (χ2v) is 5.55. The number of para-hydroxylation sites is 1. The first kappa shape index (κ1) is 12.9. The smallest absolute Gasteiger partial charge is 0.0805 e. The average Bonchev–Trinajstić information content (AvgIpc) is 2.31. The van der Waals surface area contributed by atoms with Crippen molar-refractivity contribution in [2.24, 2.45) is 0 Å². The molecule has 3 nitrogen and oxygen atoms in total.